The van der Waals surface area contributed by atoms with Gasteiger partial charge in [0.05, 0.1) is 0 Å². The number of carboxylic acids is 1. The van der Waals surface area contributed by atoms with Crippen molar-refractivity contribution < 1.29 is 9.90 Å². The lowest BCUT2D eigenvalue weighted by Crippen LogP contribution is -2.22. The van der Waals surface area contributed by atoms with Gasteiger partial charge in [-0.05, 0) is 30.7 Å². The van der Waals surface area contributed by atoms with Crippen molar-refractivity contribution in [2.24, 2.45) is 0 Å². The van der Waals surface area contributed by atoms with Crippen LogP contribution >= 0.6 is 11.6 Å². The van der Waals surface area contributed by atoms with Crippen LogP contribution in [-0.4, -0.2) is 22.6 Å². The van der Waals surface area contributed by atoms with Gasteiger partial charge < -0.3 is 10.0 Å². The number of rotatable bonds is 6. The Morgan fingerprint density at radius 1 is 1.24 bits per heavy atom. The van der Waals surface area contributed by atoms with Gasteiger partial charge in [-0.1, -0.05) is 43.1 Å². The van der Waals surface area contributed by atoms with E-state index in [1.165, 1.54) is 12.1 Å². The number of carboxylic acid groups (broad SMARTS) is 1. The zero-order valence-corrected chi connectivity index (χ0v) is 12.5. The fourth-order valence-electron chi connectivity index (χ4n) is 2.08. The van der Waals surface area contributed by atoms with E-state index in [-0.39, 0.29) is 10.7 Å². The first-order valence-electron chi connectivity index (χ1n) is 6.86. The molecule has 0 saturated heterocycles. The molecule has 1 aromatic heterocycles. The molecule has 0 aliphatic carbocycles. The summed E-state index contributed by atoms with van der Waals surface area (Å²) in [6.07, 6.45) is 1.94. The Balaban J connectivity index is 2.50. The predicted molar refractivity (Wildman–Crippen MR) is 84.6 cm³/mol. The van der Waals surface area contributed by atoms with Gasteiger partial charge >= 0.3 is 5.97 Å². The fourth-order valence-corrected chi connectivity index (χ4v) is 2.22. The molecule has 110 valence electrons. The molecule has 0 aliphatic heterocycles. The molecule has 1 aromatic carbocycles. The number of hydrogen-bond acceptors (Lipinski definition) is 3. The zero-order chi connectivity index (χ0) is 15.2. The fraction of sp³-hybridized carbons (Fsp3) is 0.250. The van der Waals surface area contributed by atoms with E-state index in [2.05, 4.69) is 11.9 Å². The molecule has 21 heavy (non-hydrogen) atoms. The number of aromatic nitrogens is 1. The molecule has 0 unspecified atom stereocenters. The summed E-state index contributed by atoms with van der Waals surface area (Å²) in [6, 6.07) is 12.6. The number of para-hydroxylation sites is 1. The maximum atomic E-state index is 11.4. The molecule has 5 heteroatoms. The molecule has 0 atom stereocenters. The smallest absolute Gasteiger partial charge is 0.339 e. The lowest BCUT2D eigenvalue weighted by atomic mass is 10.2. The minimum absolute atomic E-state index is 0.152. The third kappa shape index (κ3) is 3.73. The highest BCUT2D eigenvalue weighted by atomic mass is 35.5. The van der Waals surface area contributed by atoms with Gasteiger partial charge in [0.1, 0.15) is 16.5 Å². The molecular formula is C16H17ClN2O2. The monoisotopic (exact) mass is 304 g/mol. The van der Waals surface area contributed by atoms with E-state index in [0.29, 0.717) is 12.4 Å². The first-order chi connectivity index (χ1) is 10.1. The van der Waals surface area contributed by atoms with E-state index >= 15 is 0 Å². The molecule has 0 spiro atoms. The molecule has 0 fully saturated rings. The standard InChI is InChI=1S/C16H17ClN2O2/c1-2-3-11-19(12-7-5-4-6-8-12)15-13(16(20)21)9-10-14(17)18-15/h4-10H,2-3,11H2,1H3,(H,20,21). The van der Waals surface area contributed by atoms with Crippen LogP contribution in [0.3, 0.4) is 0 Å². The highest BCUT2D eigenvalue weighted by molar-refractivity contribution is 6.29. The van der Waals surface area contributed by atoms with Crippen LogP contribution in [0.2, 0.25) is 5.15 Å². The van der Waals surface area contributed by atoms with E-state index in [1.54, 1.807) is 0 Å². The van der Waals surface area contributed by atoms with E-state index in [4.69, 9.17) is 11.6 Å². The largest absolute Gasteiger partial charge is 0.478 e. The molecule has 1 heterocycles. The lowest BCUT2D eigenvalue weighted by Gasteiger charge is -2.25. The van der Waals surface area contributed by atoms with Crippen molar-refractivity contribution in [2.45, 2.75) is 19.8 Å². The second kappa shape index (κ2) is 7.09. The normalized spacial score (nSPS) is 10.4. The summed E-state index contributed by atoms with van der Waals surface area (Å²) in [5.74, 6) is -0.624. The number of nitrogens with zero attached hydrogens (tertiary/aromatic N) is 2. The topological polar surface area (TPSA) is 53.4 Å². The summed E-state index contributed by atoms with van der Waals surface area (Å²) in [6.45, 7) is 2.78. The Hall–Kier alpha value is -2.07. The Bertz CT molecular complexity index is 617. The molecule has 4 nitrogen and oxygen atoms in total. The number of carbonyl (C=O) groups is 1. The third-order valence-electron chi connectivity index (χ3n) is 3.13. The third-order valence-corrected chi connectivity index (χ3v) is 3.34. The Labute approximate surface area is 129 Å². The van der Waals surface area contributed by atoms with E-state index < -0.39 is 5.97 Å². The zero-order valence-electron chi connectivity index (χ0n) is 11.8. The summed E-state index contributed by atoms with van der Waals surface area (Å²) >= 11 is 5.96. The van der Waals surface area contributed by atoms with Crippen LogP contribution in [0, 0.1) is 0 Å². The molecule has 0 amide bonds. The van der Waals surface area contributed by atoms with E-state index in [9.17, 15) is 9.90 Å². The first kappa shape index (κ1) is 15.3. The highest BCUT2D eigenvalue weighted by Gasteiger charge is 2.19. The van der Waals surface area contributed by atoms with Crippen molar-refractivity contribution in [1.29, 1.82) is 0 Å². The van der Waals surface area contributed by atoms with E-state index in [0.717, 1.165) is 18.5 Å². The molecule has 0 radical (unpaired) electrons. The average Bonchev–Trinajstić information content (AvgIpc) is 2.48. The van der Waals surface area contributed by atoms with Crippen molar-refractivity contribution in [3.05, 3.63) is 53.2 Å². The van der Waals surface area contributed by atoms with Gasteiger partial charge in [-0.15, -0.1) is 0 Å². The predicted octanol–water partition coefficient (Wildman–Crippen LogP) is 4.37. The maximum absolute atomic E-state index is 11.4. The number of aromatic carboxylic acids is 1. The maximum Gasteiger partial charge on any atom is 0.339 e. The summed E-state index contributed by atoms with van der Waals surface area (Å²) < 4.78 is 0. The van der Waals surface area contributed by atoms with Crippen molar-refractivity contribution >= 4 is 29.1 Å². The van der Waals surface area contributed by atoms with Gasteiger partial charge in [-0.2, -0.15) is 0 Å². The van der Waals surface area contributed by atoms with Crippen LogP contribution < -0.4 is 4.90 Å². The van der Waals surface area contributed by atoms with Gasteiger partial charge in [0.15, 0.2) is 0 Å². The van der Waals surface area contributed by atoms with Crippen LogP contribution in [0.5, 0.6) is 0 Å². The Morgan fingerprint density at radius 3 is 2.57 bits per heavy atom. The number of anilines is 2. The molecule has 0 bridgehead atoms. The molecule has 2 rings (SSSR count). The summed E-state index contributed by atoms with van der Waals surface area (Å²) in [4.78, 5) is 17.6. The van der Waals surface area contributed by atoms with Crippen LogP contribution in [0.25, 0.3) is 0 Å². The summed E-state index contributed by atoms with van der Waals surface area (Å²) in [5, 5.41) is 9.65. The Morgan fingerprint density at radius 2 is 1.95 bits per heavy atom. The average molecular weight is 305 g/mol. The molecule has 0 saturated carbocycles. The first-order valence-corrected chi connectivity index (χ1v) is 7.23. The second-order valence-corrected chi connectivity index (χ2v) is 5.04. The van der Waals surface area contributed by atoms with Gasteiger partial charge in [-0.3, -0.25) is 0 Å². The number of benzene rings is 1. The van der Waals surface area contributed by atoms with Gasteiger partial charge in [0.25, 0.3) is 0 Å². The highest BCUT2D eigenvalue weighted by Crippen LogP contribution is 2.28. The van der Waals surface area contributed by atoms with Gasteiger partial charge in [0.2, 0.25) is 0 Å². The van der Waals surface area contributed by atoms with Crippen molar-refractivity contribution in [1.82, 2.24) is 4.98 Å². The molecule has 2 aromatic rings. The van der Waals surface area contributed by atoms with Crippen molar-refractivity contribution in [2.75, 3.05) is 11.4 Å². The number of pyridine rings is 1. The number of hydrogen-bond donors (Lipinski definition) is 1. The van der Waals surface area contributed by atoms with E-state index in [1.807, 2.05) is 35.2 Å². The van der Waals surface area contributed by atoms with Crippen LogP contribution in [0.15, 0.2) is 42.5 Å². The van der Waals surface area contributed by atoms with Crippen molar-refractivity contribution in [3.8, 4) is 0 Å². The molecular weight excluding hydrogens is 288 g/mol. The Kier molecular flexibility index (Phi) is 5.17. The van der Waals surface area contributed by atoms with Crippen LogP contribution in [0.1, 0.15) is 30.1 Å². The van der Waals surface area contributed by atoms with Crippen LogP contribution in [0.4, 0.5) is 11.5 Å². The summed E-state index contributed by atoms with van der Waals surface area (Å²) in [5.41, 5.74) is 1.06. The van der Waals surface area contributed by atoms with Gasteiger partial charge in [-0.25, -0.2) is 9.78 Å². The molecule has 0 aliphatic rings. The molecule has 1 N–H and O–H groups in total. The number of halogens is 1. The SMILES string of the molecule is CCCCN(c1ccccc1)c1nc(Cl)ccc1C(=O)O. The van der Waals surface area contributed by atoms with Crippen LogP contribution in [-0.2, 0) is 0 Å². The lowest BCUT2D eigenvalue weighted by molar-refractivity contribution is 0.0697. The number of unbranched alkanes of at least 4 members (excludes halogenated alkanes) is 1. The van der Waals surface area contributed by atoms with Gasteiger partial charge in [0, 0.05) is 12.2 Å². The summed E-state index contributed by atoms with van der Waals surface area (Å²) in [7, 11) is 0. The quantitative estimate of drug-likeness (QED) is 0.805. The van der Waals surface area contributed by atoms with Crippen molar-refractivity contribution in [3.63, 3.8) is 0 Å². The minimum atomic E-state index is -1.01. The second-order valence-electron chi connectivity index (χ2n) is 4.65. The minimum Gasteiger partial charge on any atom is -0.478 e.